The minimum absolute atomic E-state index is 0.291. The van der Waals surface area contributed by atoms with Gasteiger partial charge in [-0.15, -0.1) is 0 Å². The highest BCUT2D eigenvalue weighted by molar-refractivity contribution is 5.94. The molecular formula is C23H30FN5O2. The second kappa shape index (κ2) is 10.7. The third-order valence-corrected chi connectivity index (χ3v) is 5.34. The van der Waals surface area contributed by atoms with Crippen molar-refractivity contribution < 1.29 is 13.9 Å². The van der Waals surface area contributed by atoms with Gasteiger partial charge < -0.3 is 25.2 Å². The van der Waals surface area contributed by atoms with Gasteiger partial charge in [-0.2, -0.15) is 0 Å². The lowest BCUT2D eigenvalue weighted by molar-refractivity contribution is 0.0953. The standard InChI is InChI=1S/C23H30FN5O2/c1-17-8-9-18(16-19(17)24)22(30)26-10-11-27-23(25-2)29-14-12-28(13-15-29)20-6-4-5-7-21(20)31-3/h4-9,16H,10-15H2,1-3H3,(H,25,27)(H,26,30). The van der Waals surface area contributed by atoms with Crippen LogP contribution in [0.5, 0.6) is 5.75 Å². The maximum Gasteiger partial charge on any atom is 0.251 e. The highest BCUT2D eigenvalue weighted by atomic mass is 19.1. The molecule has 0 radical (unpaired) electrons. The summed E-state index contributed by atoms with van der Waals surface area (Å²) in [6.45, 7) is 5.98. The molecule has 0 bridgehead atoms. The summed E-state index contributed by atoms with van der Waals surface area (Å²) < 4.78 is 19.1. The number of anilines is 1. The first-order chi connectivity index (χ1) is 15.0. The number of guanidine groups is 1. The van der Waals surface area contributed by atoms with Crippen LogP contribution in [0.4, 0.5) is 10.1 Å². The molecule has 0 spiro atoms. The molecule has 31 heavy (non-hydrogen) atoms. The monoisotopic (exact) mass is 427 g/mol. The van der Waals surface area contributed by atoms with Crippen molar-refractivity contribution in [2.75, 3.05) is 58.3 Å². The number of methoxy groups -OCH3 is 1. The molecule has 1 fully saturated rings. The summed E-state index contributed by atoms with van der Waals surface area (Å²) >= 11 is 0. The van der Waals surface area contributed by atoms with E-state index in [1.165, 1.54) is 6.07 Å². The van der Waals surface area contributed by atoms with Crippen LogP contribution < -0.4 is 20.3 Å². The summed E-state index contributed by atoms with van der Waals surface area (Å²) in [5, 5.41) is 6.09. The van der Waals surface area contributed by atoms with Gasteiger partial charge in [-0.1, -0.05) is 18.2 Å². The first kappa shape index (κ1) is 22.4. The number of ether oxygens (including phenoxy) is 1. The highest BCUT2D eigenvalue weighted by Gasteiger charge is 2.21. The van der Waals surface area contributed by atoms with Gasteiger partial charge in [-0.3, -0.25) is 9.79 Å². The van der Waals surface area contributed by atoms with E-state index in [2.05, 4.69) is 31.5 Å². The molecular weight excluding hydrogens is 397 g/mol. The number of halogens is 1. The Labute approximate surface area is 182 Å². The quantitative estimate of drug-likeness (QED) is 0.421. The van der Waals surface area contributed by atoms with Crippen LogP contribution in [0.3, 0.4) is 0 Å². The summed E-state index contributed by atoms with van der Waals surface area (Å²) in [6, 6.07) is 12.5. The molecule has 2 aromatic rings. The van der Waals surface area contributed by atoms with E-state index < -0.39 is 0 Å². The predicted octanol–water partition coefficient (Wildman–Crippen LogP) is 2.27. The summed E-state index contributed by atoms with van der Waals surface area (Å²) in [5.41, 5.74) is 1.94. The number of carbonyl (C=O) groups is 1. The van der Waals surface area contributed by atoms with Gasteiger partial charge in [0.05, 0.1) is 12.8 Å². The van der Waals surface area contributed by atoms with Crippen LogP contribution in [0.1, 0.15) is 15.9 Å². The van der Waals surface area contributed by atoms with E-state index in [0.717, 1.165) is 43.6 Å². The van der Waals surface area contributed by atoms with Crippen molar-refractivity contribution in [3.8, 4) is 5.75 Å². The Morgan fingerprint density at radius 1 is 1.10 bits per heavy atom. The van der Waals surface area contributed by atoms with Gasteiger partial charge in [0.15, 0.2) is 5.96 Å². The van der Waals surface area contributed by atoms with Crippen molar-refractivity contribution in [2.24, 2.45) is 4.99 Å². The number of para-hydroxylation sites is 2. The molecule has 8 heteroatoms. The Kier molecular flexibility index (Phi) is 7.70. The van der Waals surface area contributed by atoms with Crippen LogP contribution in [0, 0.1) is 12.7 Å². The fraction of sp³-hybridized carbons (Fsp3) is 0.391. The van der Waals surface area contributed by atoms with E-state index in [-0.39, 0.29) is 11.7 Å². The molecule has 0 unspecified atom stereocenters. The van der Waals surface area contributed by atoms with Gasteiger partial charge in [-0.05, 0) is 36.8 Å². The Bertz CT molecular complexity index is 926. The van der Waals surface area contributed by atoms with E-state index in [1.807, 2.05) is 18.2 Å². The Morgan fingerprint density at radius 2 is 1.81 bits per heavy atom. The molecule has 0 atom stereocenters. The molecule has 1 heterocycles. The first-order valence-electron chi connectivity index (χ1n) is 10.4. The van der Waals surface area contributed by atoms with E-state index in [1.54, 1.807) is 33.2 Å². The van der Waals surface area contributed by atoms with Gasteiger partial charge in [0.1, 0.15) is 11.6 Å². The summed E-state index contributed by atoms with van der Waals surface area (Å²) in [6.07, 6.45) is 0. The van der Waals surface area contributed by atoms with Crippen LogP contribution in [-0.4, -0.2) is 70.2 Å². The van der Waals surface area contributed by atoms with Gasteiger partial charge in [0.2, 0.25) is 0 Å². The molecule has 1 aliphatic heterocycles. The normalized spacial score (nSPS) is 14.4. The van der Waals surface area contributed by atoms with Crippen molar-refractivity contribution in [3.05, 3.63) is 59.4 Å². The number of amides is 1. The molecule has 0 aromatic heterocycles. The Hall–Kier alpha value is -3.29. The largest absolute Gasteiger partial charge is 0.495 e. The van der Waals surface area contributed by atoms with E-state index in [9.17, 15) is 9.18 Å². The number of piperazine rings is 1. The number of aliphatic imine (C=N–C) groups is 1. The minimum Gasteiger partial charge on any atom is -0.495 e. The van der Waals surface area contributed by atoms with Gasteiger partial charge in [0.25, 0.3) is 5.91 Å². The first-order valence-corrected chi connectivity index (χ1v) is 10.4. The van der Waals surface area contributed by atoms with Crippen LogP contribution in [-0.2, 0) is 0 Å². The summed E-state index contributed by atoms with van der Waals surface area (Å²) in [7, 11) is 3.44. The number of nitrogens with zero attached hydrogens (tertiary/aromatic N) is 3. The average molecular weight is 428 g/mol. The van der Waals surface area contributed by atoms with Crippen molar-refractivity contribution in [2.45, 2.75) is 6.92 Å². The van der Waals surface area contributed by atoms with E-state index >= 15 is 0 Å². The Balaban J connectivity index is 1.44. The van der Waals surface area contributed by atoms with Crippen LogP contribution in [0.15, 0.2) is 47.5 Å². The average Bonchev–Trinajstić information content (AvgIpc) is 2.81. The molecule has 0 saturated carbocycles. The number of rotatable bonds is 6. The molecule has 1 saturated heterocycles. The molecule has 1 aliphatic rings. The van der Waals surface area contributed by atoms with Crippen LogP contribution in [0.2, 0.25) is 0 Å². The third-order valence-electron chi connectivity index (χ3n) is 5.34. The maximum atomic E-state index is 13.6. The fourth-order valence-corrected chi connectivity index (χ4v) is 3.57. The fourth-order valence-electron chi connectivity index (χ4n) is 3.57. The van der Waals surface area contributed by atoms with Crippen molar-refractivity contribution in [3.63, 3.8) is 0 Å². The molecule has 2 N–H and O–H groups in total. The molecule has 2 aromatic carbocycles. The molecule has 3 rings (SSSR count). The molecule has 0 aliphatic carbocycles. The highest BCUT2D eigenvalue weighted by Crippen LogP contribution is 2.28. The predicted molar refractivity (Wildman–Crippen MR) is 122 cm³/mol. The second-order valence-corrected chi connectivity index (χ2v) is 7.34. The van der Waals surface area contributed by atoms with Gasteiger partial charge in [0, 0.05) is 51.9 Å². The number of benzene rings is 2. The zero-order valence-corrected chi connectivity index (χ0v) is 18.3. The zero-order valence-electron chi connectivity index (χ0n) is 18.3. The second-order valence-electron chi connectivity index (χ2n) is 7.34. The molecule has 166 valence electrons. The third kappa shape index (κ3) is 5.65. The molecule has 1 amide bonds. The summed E-state index contributed by atoms with van der Waals surface area (Å²) in [4.78, 5) is 21.1. The van der Waals surface area contributed by atoms with Crippen molar-refractivity contribution in [1.29, 1.82) is 0 Å². The number of carbonyl (C=O) groups excluding carboxylic acids is 1. The van der Waals surface area contributed by atoms with Gasteiger partial charge in [-0.25, -0.2) is 4.39 Å². The maximum absolute atomic E-state index is 13.6. The topological polar surface area (TPSA) is 69.2 Å². The number of hydrogen-bond donors (Lipinski definition) is 2. The van der Waals surface area contributed by atoms with Crippen LogP contribution >= 0.6 is 0 Å². The molecule has 7 nitrogen and oxygen atoms in total. The van der Waals surface area contributed by atoms with E-state index in [4.69, 9.17) is 4.74 Å². The smallest absolute Gasteiger partial charge is 0.251 e. The number of nitrogens with one attached hydrogen (secondary N) is 2. The SMILES string of the molecule is CN=C(NCCNC(=O)c1ccc(C)c(F)c1)N1CCN(c2ccccc2OC)CC1. The number of aryl methyl sites for hydroxylation is 1. The van der Waals surface area contributed by atoms with E-state index in [0.29, 0.717) is 24.2 Å². The minimum atomic E-state index is -0.376. The van der Waals surface area contributed by atoms with Crippen molar-refractivity contribution >= 4 is 17.6 Å². The lowest BCUT2D eigenvalue weighted by Crippen LogP contribution is -2.53. The zero-order chi connectivity index (χ0) is 22.2. The Morgan fingerprint density at radius 3 is 2.48 bits per heavy atom. The summed E-state index contributed by atoms with van der Waals surface area (Å²) in [5.74, 6) is 1.01. The van der Waals surface area contributed by atoms with Crippen molar-refractivity contribution in [1.82, 2.24) is 15.5 Å². The lowest BCUT2D eigenvalue weighted by atomic mass is 10.1. The lowest BCUT2D eigenvalue weighted by Gasteiger charge is -2.38. The van der Waals surface area contributed by atoms with Crippen LogP contribution in [0.25, 0.3) is 0 Å². The van der Waals surface area contributed by atoms with Gasteiger partial charge >= 0.3 is 0 Å². The number of hydrogen-bond acceptors (Lipinski definition) is 4.